The maximum absolute atomic E-state index is 6.08. The molecule has 19 heavy (non-hydrogen) atoms. The third kappa shape index (κ3) is 3.96. The summed E-state index contributed by atoms with van der Waals surface area (Å²) in [5.74, 6) is 0. The molecule has 2 rings (SSSR count). The highest BCUT2D eigenvalue weighted by atomic mass is 35.5. The average molecular weight is 314 g/mol. The fourth-order valence-electron chi connectivity index (χ4n) is 2.03. The first-order valence-corrected chi connectivity index (χ1v) is 7.91. The first-order valence-electron chi connectivity index (χ1n) is 6.33. The molecule has 4 heteroatoms. The van der Waals surface area contributed by atoms with Crippen LogP contribution in [0, 0.1) is 6.92 Å². The van der Waals surface area contributed by atoms with Crippen LogP contribution in [-0.4, -0.2) is 0 Å². The van der Waals surface area contributed by atoms with E-state index in [1.54, 1.807) is 0 Å². The highest BCUT2D eigenvalue weighted by molar-refractivity contribution is 7.11. The molecule has 0 amide bonds. The Bertz CT molecular complexity index is 551. The summed E-state index contributed by atoms with van der Waals surface area (Å²) in [4.78, 5) is 2.70. The molecule has 0 aliphatic rings. The van der Waals surface area contributed by atoms with Crippen molar-refractivity contribution in [1.29, 1.82) is 0 Å². The van der Waals surface area contributed by atoms with E-state index in [-0.39, 0.29) is 0 Å². The fraction of sp³-hybridized carbons (Fsp3) is 0.333. The van der Waals surface area contributed by atoms with Crippen molar-refractivity contribution in [2.45, 2.75) is 32.9 Å². The van der Waals surface area contributed by atoms with E-state index in [9.17, 15) is 0 Å². The second kappa shape index (κ2) is 6.76. The molecule has 2 aromatic rings. The Morgan fingerprint density at radius 2 is 1.95 bits per heavy atom. The van der Waals surface area contributed by atoms with Crippen molar-refractivity contribution >= 4 is 34.5 Å². The number of nitrogens with one attached hydrogen (secondary N) is 1. The predicted molar refractivity (Wildman–Crippen MR) is 85.4 cm³/mol. The topological polar surface area (TPSA) is 12.0 Å². The lowest BCUT2D eigenvalue weighted by Crippen LogP contribution is -2.19. The van der Waals surface area contributed by atoms with Gasteiger partial charge in [-0.15, -0.1) is 11.3 Å². The molecular formula is C15H17Cl2NS. The quantitative estimate of drug-likeness (QED) is 0.757. The minimum atomic E-state index is 0.303. The van der Waals surface area contributed by atoms with Gasteiger partial charge < -0.3 is 5.32 Å². The molecular weight excluding hydrogens is 297 g/mol. The molecule has 0 saturated carbocycles. The molecule has 1 N–H and O–H groups in total. The van der Waals surface area contributed by atoms with Gasteiger partial charge in [-0.1, -0.05) is 36.2 Å². The van der Waals surface area contributed by atoms with Crippen LogP contribution < -0.4 is 5.32 Å². The number of rotatable bonds is 5. The minimum Gasteiger partial charge on any atom is -0.305 e. The summed E-state index contributed by atoms with van der Waals surface area (Å²) in [5.41, 5.74) is 1.19. The molecule has 1 aromatic heterocycles. The SMILES string of the molecule is CCC(NCc1ccc(C)s1)c1ccc(Cl)c(Cl)c1. The summed E-state index contributed by atoms with van der Waals surface area (Å²) < 4.78 is 0. The van der Waals surface area contributed by atoms with Gasteiger partial charge in [0, 0.05) is 22.3 Å². The molecule has 0 bridgehead atoms. The van der Waals surface area contributed by atoms with Gasteiger partial charge in [-0.25, -0.2) is 0 Å². The second-order valence-electron chi connectivity index (χ2n) is 4.53. The van der Waals surface area contributed by atoms with Crippen LogP contribution in [0.3, 0.4) is 0 Å². The van der Waals surface area contributed by atoms with Gasteiger partial charge in [-0.05, 0) is 43.2 Å². The zero-order valence-corrected chi connectivity index (χ0v) is 13.4. The van der Waals surface area contributed by atoms with Crippen molar-refractivity contribution in [3.05, 3.63) is 55.7 Å². The molecule has 1 aromatic carbocycles. The molecule has 0 spiro atoms. The number of benzene rings is 1. The van der Waals surface area contributed by atoms with E-state index >= 15 is 0 Å². The Morgan fingerprint density at radius 1 is 1.16 bits per heavy atom. The Hall–Kier alpha value is -0.540. The molecule has 0 radical (unpaired) electrons. The Morgan fingerprint density at radius 3 is 2.53 bits per heavy atom. The lowest BCUT2D eigenvalue weighted by atomic mass is 10.0. The molecule has 0 aliphatic carbocycles. The lowest BCUT2D eigenvalue weighted by molar-refractivity contribution is 0.522. The maximum Gasteiger partial charge on any atom is 0.0595 e. The molecule has 0 aliphatic heterocycles. The Labute approximate surface area is 128 Å². The standard InChI is InChI=1S/C15H17Cl2NS/c1-3-15(11-5-7-13(16)14(17)8-11)18-9-12-6-4-10(2)19-12/h4-8,15,18H,3,9H2,1-2H3. The summed E-state index contributed by atoms with van der Waals surface area (Å²) in [6, 6.07) is 10.5. The van der Waals surface area contributed by atoms with Crippen molar-refractivity contribution in [1.82, 2.24) is 5.32 Å². The van der Waals surface area contributed by atoms with Crippen molar-refractivity contribution in [3.8, 4) is 0 Å². The lowest BCUT2D eigenvalue weighted by Gasteiger charge is -2.17. The predicted octanol–water partition coefficient (Wildman–Crippen LogP) is 5.60. The van der Waals surface area contributed by atoms with Gasteiger partial charge in [0.1, 0.15) is 0 Å². The molecule has 1 unspecified atom stereocenters. The van der Waals surface area contributed by atoms with E-state index in [2.05, 4.69) is 31.3 Å². The largest absolute Gasteiger partial charge is 0.305 e. The van der Waals surface area contributed by atoms with Gasteiger partial charge in [0.15, 0.2) is 0 Å². The molecule has 1 heterocycles. The molecule has 1 atom stereocenters. The van der Waals surface area contributed by atoms with Gasteiger partial charge in [0.2, 0.25) is 0 Å². The summed E-state index contributed by atoms with van der Waals surface area (Å²) in [6.07, 6.45) is 1.02. The fourth-order valence-corrected chi connectivity index (χ4v) is 3.18. The molecule has 0 fully saturated rings. The first-order chi connectivity index (χ1) is 9.10. The van der Waals surface area contributed by atoms with Crippen LogP contribution in [-0.2, 0) is 6.54 Å². The third-order valence-corrected chi connectivity index (χ3v) is 4.81. The van der Waals surface area contributed by atoms with Crippen molar-refractivity contribution < 1.29 is 0 Å². The minimum absolute atomic E-state index is 0.303. The normalized spacial score (nSPS) is 12.6. The van der Waals surface area contributed by atoms with Crippen LogP contribution in [0.4, 0.5) is 0 Å². The molecule has 0 saturated heterocycles. The van der Waals surface area contributed by atoms with Crippen molar-refractivity contribution in [2.24, 2.45) is 0 Å². The van der Waals surface area contributed by atoms with Gasteiger partial charge in [-0.2, -0.15) is 0 Å². The van der Waals surface area contributed by atoms with Crippen LogP contribution in [0.2, 0.25) is 10.0 Å². The van der Waals surface area contributed by atoms with Crippen LogP contribution in [0.5, 0.6) is 0 Å². The van der Waals surface area contributed by atoms with Crippen LogP contribution >= 0.6 is 34.5 Å². The Kier molecular flexibility index (Phi) is 5.28. The van der Waals surface area contributed by atoms with Gasteiger partial charge >= 0.3 is 0 Å². The number of aryl methyl sites for hydroxylation is 1. The zero-order valence-electron chi connectivity index (χ0n) is 11.0. The van der Waals surface area contributed by atoms with Crippen LogP contribution in [0.15, 0.2) is 30.3 Å². The average Bonchev–Trinajstić information content (AvgIpc) is 2.80. The number of hydrogen-bond acceptors (Lipinski definition) is 2. The van der Waals surface area contributed by atoms with E-state index in [4.69, 9.17) is 23.2 Å². The molecule has 1 nitrogen and oxygen atoms in total. The van der Waals surface area contributed by atoms with Gasteiger partial charge in [0.05, 0.1) is 10.0 Å². The third-order valence-electron chi connectivity index (χ3n) is 3.07. The summed E-state index contributed by atoms with van der Waals surface area (Å²) in [5, 5.41) is 4.79. The molecule has 102 valence electrons. The monoisotopic (exact) mass is 313 g/mol. The van der Waals surface area contributed by atoms with E-state index in [1.807, 2.05) is 29.5 Å². The second-order valence-corrected chi connectivity index (χ2v) is 6.71. The summed E-state index contributed by atoms with van der Waals surface area (Å²) in [7, 11) is 0. The van der Waals surface area contributed by atoms with E-state index in [0.717, 1.165) is 13.0 Å². The smallest absolute Gasteiger partial charge is 0.0595 e. The van der Waals surface area contributed by atoms with Crippen molar-refractivity contribution in [2.75, 3.05) is 0 Å². The van der Waals surface area contributed by atoms with E-state index < -0.39 is 0 Å². The number of halogens is 2. The summed E-state index contributed by atoms with van der Waals surface area (Å²) >= 11 is 13.9. The van der Waals surface area contributed by atoms with Gasteiger partial charge in [-0.3, -0.25) is 0 Å². The van der Waals surface area contributed by atoms with Gasteiger partial charge in [0.25, 0.3) is 0 Å². The van der Waals surface area contributed by atoms with E-state index in [0.29, 0.717) is 16.1 Å². The van der Waals surface area contributed by atoms with Crippen LogP contribution in [0.25, 0.3) is 0 Å². The number of hydrogen-bond donors (Lipinski definition) is 1. The van der Waals surface area contributed by atoms with E-state index in [1.165, 1.54) is 15.3 Å². The maximum atomic E-state index is 6.08. The highest BCUT2D eigenvalue weighted by Crippen LogP contribution is 2.27. The number of thiophene rings is 1. The summed E-state index contributed by atoms with van der Waals surface area (Å²) in [6.45, 7) is 5.18. The van der Waals surface area contributed by atoms with Crippen LogP contribution in [0.1, 0.15) is 34.7 Å². The highest BCUT2D eigenvalue weighted by Gasteiger charge is 2.10. The van der Waals surface area contributed by atoms with Crippen molar-refractivity contribution in [3.63, 3.8) is 0 Å². The Balaban J connectivity index is 2.05. The zero-order chi connectivity index (χ0) is 13.8. The first kappa shape index (κ1) is 14.9.